The third-order valence-corrected chi connectivity index (χ3v) is 2.73. The number of nitrogens with zero attached hydrogens (tertiary/aromatic N) is 4. The molecule has 2 aromatic heterocycles. The van der Waals surface area contributed by atoms with Crippen molar-refractivity contribution in [2.24, 2.45) is 0 Å². The van der Waals surface area contributed by atoms with Crippen molar-refractivity contribution >= 4 is 16.8 Å². The van der Waals surface area contributed by atoms with Gasteiger partial charge in [0.2, 0.25) is 5.89 Å². The largest absolute Gasteiger partial charge is 0.420 e. The molecule has 3 rings (SSSR count). The van der Waals surface area contributed by atoms with Crippen LogP contribution in [0.2, 0.25) is 0 Å². The Bertz CT molecular complexity index is 859. The van der Waals surface area contributed by atoms with Crippen molar-refractivity contribution in [2.45, 2.75) is 13.5 Å². The molecule has 20 heavy (non-hydrogen) atoms. The molecule has 0 unspecified atom stereocenters. The van der Waals surface area contributed by atoms with E-state index < -0.39 is 10.7 Å². The first-order valence-electron chi connectivity index (χ1n) is 5.61. The summed E-state index contributed by atoms with van der Waals surface area (Å²) in [5.41, 5.74) is 0.448. The number of hydrogen-bond donors (Lipinski definition) is 0. The number of aryl methyl sites for hydroxylation is 1. The number of aromatic nitrogens is 3. The van der Waals surface area contributed by atoms with Gasteiger partial charge in [-0.2, -0.15) is 4.98 Å². The Hall–Kier alpha value is -2.97. The van der Waals surface area contributed by atoms with Crippen LogP contribution in [0.1, 0.15) is 11.7 Å². The summed E-state index contributed by atoms with van der Waals surface area (Å²) in [5, 5.41) is 14.4. The zero-order chi connectivity index (χ0) is 14.3. The van der Waals surface area contributed by atoms with Crippen molar-refractivity contribution in [1.82, 2.24) is 14.7 Å². The average Bonchev–Trinajstić information content (AvgIpc) is 2.94. The minimum atomic E-state index is -0.636. The molecule has 2 heterocycles. The quantitative estimate of drug-likeness (QED) is 0.521. The van der Waals surface area contributed by atoms with Crippen LogP contribution < -0.4 is 5.76 Å². The van der Waals surface area contributed by atoms with Gasteiger partial charge in [-0.15, -0.1) is 0 Å². The molecule has 0 atom stereocenters. The Labute approximate surface area is 110 Å². The fourth-order valence-corrected chi connectivity index (χ4v) is 1.86. The molecular formula is C11H8N4O5. The first-order chi connectivity index (χ1) is 9.54. The number of rotatable bonds is 3. The Kier molecular flexibility index (Phi) is 2.60. The van der Waals surface area contributed by atoms with Crippen LogP contribution in [0.3, 0.4) is 0 Å². The van der Waals surface area contributed by atoms with Gasteiger partial charge in [0.05, 0.1) is 17.0 Å². The molecular weight excluding hydrogens is 268 g/mol. The number of non-ortho nitro benzene ring substituents is 1. The molecule has 0 spiro atoms. The van der Waals surface area contributed by atoms with Gasteiger partial charge in [0.15, 0.2) is 11.4 Å². The van der Waals surface area contributed by atoms with Gasteiger partial charge < -0.3 is 8.94 Å². The number of benzene rings is 1. The third kappa shape index (κ3) is 1.94. The van der Waals surface area contributed by atoms with Crippen LogP contribution in [-0.2, 0) is 6.54 Å². The molecule has 0 amide bonds. The Balaban J connectivity index is 2.13. The van der Waals surface area contributed by atoms with Crippen LogP contribution in [0.5, 0.6) is 0 Å². The first kappa shape index (κ1) is 12.1. The van der Waals surface area contributed by atoms with E-state index in [4.69, 9.17) is 8.94 Å². The van der Waals surface area contributed by atoms with Gasteiger partial charge in [0.1, 0.15) is 0 Å². The van der Waals surface area contributed by atoms with Gasteiger partial charge in [0.25, 0.3) is 5.69 Å². The highest BCUT2D eigenvalue weighted by Crippen LogP contribution is 2.20. The fraction of sp³-hybridized carbons (Fsp3) is 0.182. The SMILES string of the molecule is Cc1nc(Cn2c(=O)oc3ccc([N+](=O)[O-])cc32)no1. The summed E-state index contributed by atoms with van der Waals surface area (Å²) in [6, 6.07) is 3.92. The second-order valence-electron chi connectivity index (χ2n) is 4.09. The maximum atomic E-state index is 11.8. The van der Waals surface area contributed by atoms with E-state index in [1.165, 1.54) is 22.8 Å². The second-order valence-corrected chi connectivity index (χ2v) is 4.09. The van der Waals surface area contributed by atoms with Gasteiger partial charge in [-0.3, -0.25) is 14.7 Å². The highest BCUT2D eigenvalue weighted by atomic mass is 16.6. The topological polar surface area (TPSA) is 117 Å². The lowest BCUT2D eigenvalue weighted by atomic mass is 10.3. The molecule has 1 aromatic carbocycles. The fourth-order valence-electron chi connectivity index (χ4n) is 1.86. The van der Waals surface area contributed by atoms with Gasteiger partial charge in [0, 0.05) is 19.1 Å². The molecule has 0 fully saturated rings. The van der Waals surface area contributed by atoms with Crippen molar-refractivity contribution in [1.29, 1.82) is 0 Å². The summed E-state index contributed by atoms with van der Waals surface area (Å²) in [7, 11) is 0. The standard InChI is InChI=1S/C11H8N4O5/c1-6-12-10(13-20-6)5-14-8-4-7(15(17)18)2-3-9(8)19-11(14)16/h2-4H,5H2,1H3. The normalized spacial score (nSPS) is 11.1. The predicted octanol–water partition coefficient (Wildman–Crippen LogP) is 1.24. The first-order valence-corrected chi connectivity index (χ1v) is 5.61. The highest BCUT2D eigenvalue weighted by Gasteiger charge is 2.16. The molecule has 0 aliphatic heterocycles. The van der Waals surface area contributed by atoms with Gasteiger partial charge in [-0.05, 0) is 6.07 Å². The van der Waals surface area contributed by atoms with Gasteiger partial charge >= 0.3 is 5.76 Å². The lowest BCUT2D eigenvalue weighted by Gasteiger charge is -1.97. The summed E-state index contributed by atoms with van der Waals surface area (Å²) < 4.78 is 11.0. The number of nitro benzene ring substituents is 1. The molecule has 0 radical (unpaired) electrons. The van der Waals surface area contributed by atoms with E-state index in [-0.39, 0.29) is 17.8 Å². The van der Waals surface area contributed by atoms with Crippen LogP contribution in [0.4, 0.5) is 5.69 Å². The summed E-state index contributed by atoms with van der Waals surface area (Å²) in [5.74, 6) is 0.0218. The zero-order valence-electron chi connectivity index (χ0n) is 10.3. The molecule has 0 N–H and O–H groups in total. The molecule has 3 aromatic rings. The minimum absolute atomic E-state index is 0.0182. The molecule has 9 heteroatoms. The van der Waals surface area contributed by atoms with Crippen molar-refractivity contribution in [2.75, 3.05) is 0 Å². The Morgan fingerprint density at radius 1 is 1.45 bits per heavy atom. The number of oxazole rings is 1. The lowest BCUT2D eigenvalue weighted by Crippen LogP contribution is -2.15. The summed E-state index contributed by atoms with van der Waals surface area (Å²) >= 11 is 0. The molecule has 9 nitrogen and oxygen atoms in total. The van der Waals surface area contributed by atoms with Crippen LogP contribution >= 0.6 is 0 Å². The number of fused-ring (bicyclic) bond motifs is 1. The summed E-state index contributed by atoms with van der Waals surface area (Å²) in [4.78, 5) is 26.0. The predicted molar refractivity (Wildman–Crippen MR) is 65.3 cm³/mol. The number of nitro groups is 1. The van der Waals surface area contributed by atoms with Crippen LogP contribution in [0, 0.1) is 17.0 Å². The average molecular weight is 276 g/mol. The Morgan fingerprint density at radius 3 is 2.90 bits per heavy atom. The Morgan fingerprint density at radius 2 is 2.25 bits per heavy atom. The third-order valence-electron chi connectivity index (χ3n) is 2.73. The monoisotopic (exact) mass is 276 g/mol. The molecule has 0 aliphatic rings. The minimum Gasteiger partial charge on any atom is -0.408 e. The zero-order valence-corrected chi connectivity index (χ0v) is 10.3. The highest BCUT2D eigenvalue weighted by molar-refractivity contribution is 5.75. The molecule has 0 saturated carbocycles. The van der Waals surface area contributed by atoms with E-state index in [1.54, 1.807) is 6.92 Å². The smallest absolute Gasteiger partial charge is 0.408 e. The van der Waals surface area contributed by atoms with Crippen molar-refractivity contribution in [3.63, 3.8) is 0 Å². The number of hydrogen-bond acceptors (Lipinski definition) is 7. The van der Waals surface area contributed by atoms with E-state index in [0.29, 0.717) is 17.2 Å². The van der Waals surface area contributed by atoms with Crippen LogP contribution in [0.15, 0.2) is 31.9 Å². The maximum Gasteiger partial charge on any atom is 0.420 e. The summed E-state index contributed by atoms with van der Waals surface area (Å²) in [6.45, 7) is 1.64. The van der Waals surface area contributed by atoms with E-state index in [1.807, 2.05) is 0 Å². The van der Waals surface area contributed by atoms with Crippen LogP contribution in [0.25, 0.3) is 11.1 Å². The van der Waals surface area contributed by atoms with Crippen molar-refractivity contribution < 1.29 is 13.9 Å². The van der Waals surface area contributed by atoms with Crippen LogP contribution in [-0.4, -0.2) is 19.6 Å². The lowest BCUT2D eigenvalue weighted by molar-refractivity contribution is -0.384. The summed E-state index contributed by atoms with van der Waals surface area (Å²) in [6.07, 6.45) is 0. The van der Waals surface area contributed by atoms with Gasteiger partial charge in [-0.1, -0.05) is 5.16 Å². The van der Waals surface area contributed by atoms with E-state index in [2.05, 4.69) is 10.1 Å². The van der Waals surface area contributed by atoms with Crippen molar-refractivity contribution in [3.05, 3.63) is 50.6 Å². The second kappa shape index (κ2) is 4.30. The molecule has 0 aliphatic carbocycles. The van der Waals surface area contributed by atoms with E-state index in [9.17, 15) is 14.9 Å². The van der Waals surface area contributed by atoms with E-state index >= 15 is 0 Å². The molecule has 102 valence electrons. The van der Waals surface area contributed by atoms with Crippen molar-refractivity contribution in [3.8, 4) is 0 Å². The molecule has 0 saturated heterocycles. The maximum absolute atomic E-state index is 11.8. The molecule has 0 bridgehead atoms. The van der Waals surface area contributed by atoms with Gasteiger partial charge in [-0.25, -0.2) is 4.79 Å². The van der Waals surface area contributed by atoms with E-state index in [0.717, 1.165) is 0 Å².